The van der Waals surface area contributed by atoms with Crippen LogP contribution in [-0.2, 0) is 11.8 Å². The zero-order valence-electron chi connectivity index (χ0n) is 14.3. The van der Waals surface area contributed by atoms with Gasteiger partial charge in [0, 0.05) is 36.3 Å². The fraction of sp³-hybridized carbons (Fsp3) is 0.471. The first kappa shape index (κ1) is 16.2. The first-order chi connectivity index (χ1) is 12.0. The third-order valence-corrected chi connectivity index (χ3v) is 5.01. The molecule has 1 aliphatic rings. The Morgan fingerprint density at radius 2 is 2.12 bits per heavy atom. The number of hydrogen-bond donors (Lipinski definition) is 2. The first-order valence-electron chi connectivity index (χ1n) is 8.25. The lowest BCUT2D eigenvalue weighted by atomic mass is 9.94. The summed E-state index contributed by atoms with van der Waals surface area (Å²) in [6, 6.07) is 1.91. The highest BCUT2D eigenvalue weighted by molar-refractivity contribution is 5.78. The molecule has 5 unspecified atom stereocenters. The van der Waals surface area contributed by atoms with Gasteiger partial charge in [-0.3, -0.25) is 4.68 Å². The average Bonchev–Trinajstić information content (AvgIpc) is 3.27. The van der Waals surface area contributed by atoms with Gasteiger partial charge in [0.25, 0.3) is 0 Å². The molecule has 4 rings (SSSR count). The van der Waals surface area contributed by atoms with E-state index in [2.05, 4.69) is 15.1 Å². The van der Waals surface area contributed by atoms with Gasteiger partial charge in [0.2, 0.25) is 0 Å². The smallest absolute Gasteiger partial charge is 0.162 e. The highest BCUT2D eigenvalue weighted by Crippen LogP contribution is 2.40. The largest absolute Gasteiger partial charge is 0.388 e. The number of ether oxygens (including phenoxy) is 1. The Hall–Kier alpha value is -2.29. The van der Waals surface area contributed by atoms with Crippen LogP contribution in [0.15, 0.2) is 31.0 Å². The van der Waals surface area contributed by atoms with Crippen molar-refractivity contribution in [3.8, 4) is 0 Å². The molecule has 1 fully saturated rings. The molecule has 2 N–H and O–H groups in total. The van der Waals surface area contributed by atoms with Crippen LogP contribution in [0.5, 0.6) is 0 Å². The van der Waals surface area contributed by atoms with E-state index in [1.165, 1.54) is 6.33 Å². The van der Waals surface area contributed by atoms with E-state index in [1.807, 2.05) is 26.1 Å². The van der Waals surface area contributed by atoms with Gasteiger partial charge < -0.3 is 19.5 Å². The third kappa shape index (κ3) is 2.53. The monoisotopic (exact) mass is 343 g/mol. The van der Waals surface area contributed by atoms with Gasteiger partial charge in [-0.2, -0.15) is 5.10 Å². The number of aliphatic hydroxyl groups is 2. The number of rotatable bonds is 3. The minimum Gasteiger partial charge on any atom is -0.388 e. The second kappa shape index (κ2) is 5.91. The van der Waals surface area contributed by atoms with E-state index in [0.717, 1.165) is 11.1 Å². The molecule has 1 saturated heterocycles. The Morgan fingerprint density at radius 1 is 1.32 bits per heavy atom. The number of aliphatic hydroxyl groups excluding tert-OH is 2. The fourth-order valence-corrected chi connectivity index (χ4v) is 3.50. The van der Waals surface area contributed by atoms with Crippen molar-refractivity contribution in [3.63, 3.8) is 0 Å². The average molecular weight is 343 g/mol. The lowest BCUT2D eigenvalue weighted by Crippen LogP contribution is -2.27. The van der Waals surface area contributed by atoms with E-state index in [9.17, 15) is 10.2 Å². The molecule has 0 saturated carbocycles. The Balaban J connectivity index is 1.66. The number of hydrogen-bond acceptors (Lipinski definition) is 6. The summed E-state index contributed by atoms with van der Waals surface area (Å²) in [6.45, 7) is 3.79. The normalized spacial score (nSPS) is 27.9. The van der Waals surface area contributed by atoms with Crippen molar-refractivity contribution in [2.45, 2.75) is 38.4 Å². The molecule has 132 valence electrons. The molecule has 1 aliphatic heterocycles. The fourth-order valence-electron chi connectivity index (χ4n) is 3.50. The van der Waals surface area contributed by atoms with E-state index in [0.29, 0.717) is 11.2 Å². The Labute approximate surface area is 144 Å². The van der Waals surface area contributed by atoms with Crippen LogP contribution in [0, 0.1) is 12.8 Å². The summed E-state index contributed by atoms with van der Waals surface area (Å²) in [6.07, 6.45) is 3.93. The molecule has 5 atom stereocenters. The highest BCUT2D eigenvalue weighted by atomic mass is 16.5. The quantitative estimate of drug-likeness (QED) is 0.739. The standard InChI is InChI=1S/C17H21N5O3/c1-9-13(23)17(22-5-4-12-10(2)18-8-19-16(12)22)25-15(9)14(24)11-6-20-21(3)7-11/h4-9,13-15,17,23-24H,1-3H3. The molecule has 25 heavy (non-hydrogen) atoms. The van der Waals surface area contributed by atoms with Gasteiger partial charge in [-0.1, -0.05) is 6.92 Å². The maximum absolute atomic E-state index is 10.7. The molecule has 0 bridgehead atoms. The van der Waals surface area contributed by atoms with Crippen LogP contribution in [0.4, 0.5) is 0 Å². The minimum absolute atomic E-state index is 0.249. The van der Waals surface area contributed by atoms with Crippen molar-refractivity contribution < 1.29 is 14.9 Å². The van der Waals surface area contributed by atoms with Crippen molar-refractivity contribution in [1.82, 2.24) is 24.3 Å². The summed E-state index contributed by atoms with van der Waals surface area (Å²) in [5.74, 6) is -0.249. The van der Waals surface area contributed by atoms with Crippen molar-refractivity contribution >= 4 is 11.0 Å². The predicted molar refractivity (Wildman–Crippen MR) is 89.5 cm³/mol. The zero-order valence-corrected chi connectivity index (χ0v) is 14.3. The van der Waals surface area contributed by atoms with Crippen molar-refractivity contribution in [1.29, 1.82) is 0 Å². The van der Waals surface area contributed by atoms with Crippen LogP contribution >= 0.6 is 0 Å². The van der Waals surface area contributed by atoms with Gasteiger partial charge in [0.05, 0.1) is 18.0 Å². The van der Waals surface area contributed by atoms with Crippen LogP contribution < -0.4 is 0 Å². The molecular formula is C17H21N5O3. The predicted octanol–water partition coefficient (Wildman–Crippen LogP) is 1.10. The summed E-state index contributed by atoms with van der Waals surface area (Å²) < 4.78 is 9.51. The maximum atomic E-state index is 10.7. The summed E-state index contributed by atoms with van der Waals surface area (Å²) >= 11 is 0. The zero-order chi connectivity index (χ0) is 17.7. The Kier molecular flexibility index (Phi) is 3.82. The molecule has 0 radical (unpaired) electrons. The van der Waals surface area contributed by atoms with Crippen molar-refractivity contribution in [3.05, 3.63) is 42.2 Å². The summed E-state index contributed by atoms with van der Waals surface area (Å²) in [5.41, 5.74) is 2.25. The summed E-state index contributed by atoms with van der Waals surface area (Å²) in [5, 5.41) is 26.4. The number of fused-ring (bicyclic) bond motifs is 1. The maximum Gasteiger partial charge on any atom is 0.162 e. The van der Waals surface area contributed by atoms with Gasteiger partial charge in [0.15, 0.2) is 6.23 Å². The molecule has 0 spiro atoms. The van der Waals surface area contributed by atoms with Gasteiger partial charge in [-0.15, -0.1) is 0 Å². The van der Waals surface area contributed by atoms with Crippen LogP contribution in [0.2, 0.25) is 0 Å². The van der Waals surface area contributed by atoms with E-state index < -0.39 is 24.5 Å². The van der Waals surface area contributed by atoms with Crippen LogP contribution in [0.3, 0.4) is 0 Å². The minimum atomic E-state index is -0.860. The van der Waals surface area contributed by atoms with E-state index >= 15 is 0 Å². The topological polar surface area (TPSA) is 98.2 Å². The van der Waals surface area contributed by atoms with Crippen LogP contribution in [-0.4, -0.2) is 46.7 Å². The molecule has 8 heteroatoms. The molecule has 0 aromatic carbocycles. The van der Waals surface area contributed by atoms with Crippen molar-refractivity contribution in [2.24, 2.45) is 13.0 Å². The molecule has 0 aliphatic carbocycles. The van der Waals surface area contributed by atoms with Gasteiger partial charge in [0.1, 0.15) is 24.2 Å². The molecule has 3 aromatic heterocycles. The van der Waals surface area contributed by atoms with Crippen molar-refractivity contribution in [2.75, 3.05) is 0 Å². The van der Waals surface area contributed by atoms with Gasteiger partial charge in [-0.25, -0.2) is 9.97 Å². The SMILES string of the molecule is Cc1ncnc2c1ccn2C1OC(C(O)c2cnn(C)c2)C(C)C1O. The lowest BCUT2D eigenvalue weighted by Gasteiger charge is -2.20. The van der Waals surface area contributed by atoms with Gasteiger partial charge >= 0.3 is 0 Å². The van der Waals surface area contributed by atoms with Crippen LogP contribution in [0.25, 0.3) is 11.0 Å². The molecule has 4 heterocycles. The summed E-state index contributed by atoms with van der Waals surface area (Å²) in [7, 11) is 1.79. The molecular weight excluding hydrogens is 322 g/mol. The van der Waals surface area contributed by atoms with E-state index in [4.69, 9.17) is 4.74 Å². The molecule has 8 nitrogen and oxygen atoms in total. The molecule has 3 aromatic rings. The highest BCUT2D eigenvalue weighted by Gasteiger charge is 2.46. The Bertz CT molecular complexity index is 905. The number of aromatic nitrogens is 5. The van der Waals surface area contributed by atoms with E-state index in [-0.39, 0.29) is 5.92 Å². The second-order valence-electron chi connectivity index (χ2n) is 6.65. The second-order valence-corrected chi connectivity index (χ2v) is 6.65. The lowest BCUT2D eigenvalue weighted by molar-refractivity contribution is -0.0776. The number of nitrogens with zero attached hydrogens (tertiary/aromatic N) is 5. The third-order valence-electron chi connectivity index (χ3n) is 5.01. The summed E-state index contributed by atoms with van der Waals surface area (Å²) in [4.78, 5) is 8.51. The number of aryl methyl sites for hydroxylation is 2. The van der Waals surface area contributed by atoms with Gasteiger partial charge in [-0.05, 0) is 13.0 Å². The first-order valence-corrected chi connectivity index (χ1v) is 8.25. The Morgan fingerprint density at radius 3 is 2.84 bits per heavy atom. The molecule has 0 amide bonds. The van der Waals surface area contributed by atoms with E-state index in [1.54, 1.807) is 28.7 Å². The van der Waals surface area contributed by atoms with Crippen LogP contribution in [0.1, 0.15) is 30.5 Å².